The van der Waals surface area contributed by atoms with E-state index in [1.165, 1.54) is 0 Å². The van der Waals surface area contributed by atoms with E-state index in [1.807, 2.05) is 0 Å². The minimum Gasteiger partial charge on any atom is -0.303 e. The summed E-state index contributed by atoms with van der Waals surface area (Å²) in [6, 6.07) is 0. The number of carbonyl (C=O) groups excluding carboxylic acids is 1. The summed E-state index contributed by atoms with van der Waals surface area (Å²) in [7, 11) is 0. The van der Waals surface area contributed by atoms with Gasteiger partial charge in [-0.25, -0.2) is 0 Å². The molecule has 2 fully saturated rings. The molecule has 18 heavy (non-hydrogen) atoms. The first-order valence-corrected chi connectivity index (χ1v) is 7.02. The van der Waals surface area contributed by atoms with Crippen LogP contribution in [0.25, 0.3) is 0 Å². The molecule has 0 aromatic carbocycles. The van der Waals surface area contributed by atoms with E-state index in [4.69, 9.17) is 0 Å². The van der Waals surface area contributed by atoms with E-state index in [-0.39, 0.29) is 5.92 Å². The summed E-state index contributed by atoms with van der Waals surface area (Å²) in [6.07, 6.45) is 3.04. The minimum absolute atomic E-state index is 0.202. The number of carbonyl (C=O) groups is 1. The predicted octanol–water partition coefficient (Wildman–Crippen LogP) is 4.36. The molecule has 0 aliphatic heterocycles. The molecular weight excluding hydrogens is 241 g/mol. The van der Waals surface area contributed by atoms with Crippen molar-refractivity contribution in [3.05, 3.63) is 0 Å². The first-order chi connectivity index (χ1) is 8.50. The van der Waals surface area contributed by atoms with Crippen molar-refractivity contribution >= 4 is 6.29 Å². The van der Waals surface area contributed by atoms with Crippen LogP contribution in [-0.4, -0.2) is 12.5 Å². The highest BCUT2D eigenvalue weighted by atomic mass is 19.4. The van der Waals surface area contributed by atoms with Crippen LogP contribution >= 0.6 is 0 Å². The zero-order chi connectivity index (χ0) is 13.2. The van der Waals surface area contributed by atoms with Crippen LogP contribution in [0, 0.1) is 23.7 Å². The molecule has 0 aromatic heterocycles. The first kappa shape index (κ1) is 13.9. The third kappa shape index (κ3) is 3.27. The van der Waals surface area contributed by atoms with Gasteiger partial charge in [0, 0.05) is 5.92 Å². The smallest absolute Gasteiger partial charge is 0.303 e. The van der Waals surface area contributed by atoms with Gasteiger partial charge in [0.05, 0.1) is 5.92 Å². The predicted molar refractivity (Wildman–Crippen MR) is 63.0 cm³/mol. The van der Waals surface area contributed by atoms with Crippen LogP contribution in [0.5, 0.6) is 0 Å². The average molecular weight is 262 g/mol. The van der Waals surface area contributed by atoms with Gasteiger partial charge >= 0.3 is 6.18 Å². The Bertz CT molecular complexity index is 271. The lowest BCUT2D eigenvalue weighted by molar-refractivity contribution is -0.185. The molecule has 0 saturated heterocycles. The fourth-order valence-electron chi connectivity index (χ4n) is 3.67. The van der Waals surface area contributed by atoms with Crippen LogP contribution in [0.1, 0.15) is 51.4 Å². The van der Waals surface area contributed by atoms with Crippen molar-refractivity contribution in [3.8, 4) is 0 Å². The summed E-state index contributed by atoms with van der Waals surface area (Å²) in [6.45, 7) is 0. The Morgan fingerprint density at radius 2 is 1.22 bits per heavy atom. The number of aldehydes is 1. The second kappa shape index (κ2) is 5.62. The molecule has 0 bridgehead atoms. The fraction of sp³-hybridized carbons (Fsp3) is 0.929. The van der Waals surface area contributed by atoms with Crippen LogP contribution in [-0.2, 0) is 4.79 Å². The summed E-state index contributed by atoms with van der Waals surface area (Å²) < 4.78 is 37.7. The van der Waals surface area contributed by atoms with Crippen LogP contribution in [0.15, 0.2) is 0 Å². The van der Waals surface area contributed by atoms with Crippen molar-refractivity contribution in [1.29, 1.82) is 0 Å². The molecule has 0 amide bonds. The third-order valence-corrected chi connectivity index (χ3v) is 4.91. The van der Waals surface area contributed by atoms with Crippen LogP contribution in [0.4, 0.5) is 13.2 Å². The maximum absolute atomic E-state index is 12.6. The molecule has 2 aliphatic carbocycles. The maximum atomic E-state index is 12.6. The highest BCUT2D eigenvalue weighted by Crippen LogP contribution is 2.45. The number of hydrogen-bond donors (Lipinski definition) is 0. The quantitative estimate of drug-likeness (QED) is 0.676. The lowest BCUT2D eigenvalue weighted by Crippen LogP contribution is -2.31. The van der Waals surface area contributed by atoms with Gasteiger partial charge in [-0.05, 0) is 63.2 Å². The van der Waals surface area contributed by atoms with Crippen molar-refractivity contribution in [1.82, 2.24) is 0 Å². The zero-order valence-corrected chi connectivity index (χ0v) is 10.6. The van der Waals surface area contributed by atoms with Crippen molar-refractivity contribution in [2.45, 2.75) is 57.5 Å². The van der Waals surface area contributed by atoms with E-state index in [0.29, 0.717) is 24.7 Å². The van der Waals surface area contributed by atoms with Crippen molar-refractivity contribution in [2.24, 2.45) is 23.7 Å². The van der Waals surface area contributed by atoms with Gasteiger partial charge in [0.25, 0.3) is 0 Å². The van der Waals surface area contributed by atoms with Crippen LogP contribution in [0.3, 0.4) is 0 Å². The molecule has 0 aromatic rings. The molecule has 0 atom stereocenters. The molecule has 0 radical (unpaired) electrons. The Labute approximate surface area is 106 Å². The molecule has 0 N–H and O–H groups in total. The Kier molecular flexibility index (Phi) is 4.33. The topological polar surface area (TPSA) is 17.1 Å². The zero-order valence-electron chi connectivity index (χ0n) is 10.6. The summed E-state index contributed by atoms with van der Waals surface area (Å²) in [4.78, 5) is 10.7. The van der Waals surface area contributed by atoms with Gasteiger partial charge in [0.1, 0.15) is 6.29 Å². The molecule has 0 spiro atoms. The summed E-state index contributed by atoms with van der Waals surface area (Å²) in [5.74, 6) is 0.166. The summed E-state index contributed by atoms with van der Waals surface area (Å²) in [5.41, 5.74) is 0. The molecule has 4 heteroatoms. The maximum Gasteiger partial charge on any atom is 0.391 e. The molecule has 0 heterocycles. The molecule has 104 valence electrons. The van der Waals surface area contributed by atoms with Crippen molar-refractivity contribution in [2.75, 3.05) is 0 Å². The largest absolute Gasteiger partial charge is 0.391 e. The molecule has 2 saturated carbocycles. The SMILES string of the molecule is O=CC1CCC(C2CCC(C(F)(F)F)CC2)CC1. The second-order valence-corrected chi connectivity index (χ2v) is 5.96. The standard InChI is InChI=1S/C14H21F3O/c15-14(16,17)13-7-5-12(6-8-13)11-3-1-10(9-18)2-4-11/h9-13H,1-8H2. The number of rotatable bonds is 2. The Hall–Kier alpha value is -0.540. The van der Waals surface area contributed by atoms with E-state index in [0.717, 1.165) is 44.8 Å². The number of alkyl halides is 3. The first-order valence-electron chi connectivity index (χ1n) is 7.02. The van der Waals surface area contributed by atoms with E-state index in [2.05, 4.69) is 0 Å². The molecule has 2 aliphatic rings. The van der Waals surface area contributed by atoms with Gasteiger partial charge in [0.2, 0.25) is 0 Å². The van der Waals surface area contributed by atoms with Crippen LogP contribution < -0.4 is 0 Å². The Balaban J connectivity index is 1.78. The fourth-order valence-corrected chi connectivity index (χ4v) is 3.67. The minimum atomic E-state index is -4.00. The number of hydrogen-bond acceptors (Lipinski definition) is 1. The lowest BCUT2D eigenvalue weighted by Gasteiger charge is -2.37. The monoisotopic (exact) mass is 262 g/mol. The van der Waals surface area contributed by atoms with Gasteiger partial charge in [-0.15, -0.1) is 0 Å². The van der Waals surface area contributed by atoms with Crippen molar-refractivity contribution in [3.63, 3.8) is 0 Å². The normalized spacial score (nSPS) is 38.4. The van der Waals surface area contributed by atoms with E-state index in [1.54, 1.807) is 0 Å². The lowest BCUT2D eigenvalue weighted by atomic mass is 9.69. The van der Waals surface area contributed by atoms with Gasteiger partial charge in [-0.3, -0.25) is 0 Å². The molecular formula is C14H21F3O. The highest BCUT2D eigenvalue weighted by molar-refractivity contribution is 5.53. The van der Waals surface area contributed by atoms with Gasteiger partial charge in [0.15, 0.2) is 0 Å². The molecule has 2 rings (SSSR count). The Morgan fingerprint density at radius 1 is 0.778 bits per heavy atom. The Morgan fingerprint density at radius 3 is 1.61 bits per heavy atom. The third-order valence-electron chi connectivity index (χ3n) is 4.91. The second-order valence-electron chi connectivity index (χ2n) is 5.96. The highest BCUT2D eigenvalue weighted by Gasteiger charge is 2.42. The van der Waals surface area contributed by atoms with Gasteiger partial charge in [-0.1, -0.05) is 0 Å². The van der Waals surface area contributed by atoms with Crippen LogP contribution in [0.2, 0.25) is 0 Å². The molecule has 0 unspecified atom stereocenters. The summed E-state index contributed by atoms with van der Waals surface area (Å²) >= 11 is 0. The van der Waals surface area contributed by atoms with E-state index >= 15 is 0 Å². The number of halogens is 3. The summed E-state index contributed by atoms with van der Waals surface area (Å²) in [5, 5.41) is 0. The van der Waals surface area contributed by atoms with E-state index in [9.17, 15) is 18.0 Å². The van der Waals surface area contributed by atoms with E-state index < -0.39 is 12.1 Å². The van der Waals surface area contributed by atoms with Crippen molar-refractivity contribution < 1.29 is 18.0 Å². The van der Waals surface area contributed by atoms with Gasteiger partial charge in [-0.2, -0.15) is 13.2 Å². The molecule has 1 nitrogen and oxygen atoms in total. The van der Waals surface area contributed by atoms with Gasteiger partial charge < -0.3 is 4.79 Å². The average Bonchev–Trinajstić information content (AvgIpc) is 2.38.